The van der Waals surface area contributed by atoms with Crippen LogP contribution in [0.3, 0.4) is 0 Å². The highest BCUT2D eigenvalue weighted by atomic mass is 35.5. The molecule has 1 aliphatic rings. The van der Waals surface area contributed by atoms with Gasteiger partial charge >= 0.3 is 0 Å². The van der Waals surface area contributed by atoms with Crippen LogP contribution in [-0.2, 0) is 11.3 Å². The molecule has 1 amide bonds. The smallest absolute Gasteiger partial charge is 0.223 e. The molecule has 1 unspecified atom stereocenters. The zero-order valence-electron chi connectivity index (χ0n) is 10.5. The molecular weight excluding hydrogens is 252 g/mol. The number of likely N-dealkylation sites (tertiary alicyclic amines) is 1. The van der Waals surface area contributed by atoms with Crippen molar-refractivity contribution in [2.24, 2.45) is 11.7 Å². The van der Waals surface area contributed by atoms with Gasteiger partial charge in [0.25, 0.3) is 0 Å². The van der Waals surface area contributed by atoms with E-state index in [1.54, 1.807) is 7.11 Å². The summed E-state index contributed by atoms with van der Waals surface area (Å²) in [6.45, 7) is 1.95. The summed E-state index contributed by atoms with van der Waals surface area (Å²) in [5, 5.41) is 0. The topological polar surface area (TPSA) is 55.6 Å². The highest BCUT2D eigenvalue weighted by molar-refractivity contribution is 5.85. The summed E-state index contributed by atoms with van der Waals surface area (Å²) in [4.78, 5) is 13.6. The second-order valence-electron chi connectivity index (χ2n) is 4.39. The van der Waals surface area contributed by atoms with Crippen LogP contribution in [-0.4, -0.2) is 31.0 Å². The van der Waals surface area contributed by atoms with E-state index in [0.29, 0.717) is 25.4 Å². The summed E-state index contributed by atoms with van der Waals surface area (Å²) in [7, 11) is 1.65. The lowest BCUT2D eigenvalue weighted by molar-refractivity contribution is -0.128. The summed E-state index contributed by atoms with van der Waals surface area (Å²) in [5.74, 6) is 1.32. The van der Waals surface area contributed by atoms with Gasteiger partial charge < -0.3 is 15.4 Å². The van der Waals surface area contributed by atoms with E-state index in [1.807, 2.05) is 29.2 Å². The van der Waals surface area contributed by atoms with Crippen LogP contribution >= 0.6 is 12.4 Å². The molecule has 2 rings (SSSR count). The maximum Gasteiger partial charge on any atom is 0.223 e. The molecule has 1 fully saturated rings. The number of hydrogen-bond donors (Lipinski definition) is 1. The van der Waals surface area contributed by atoms with Gasteiger partial charge in [0.1, 0.15) is 5.75 Å². The highest BCUT2D eigenvalue weighted by Crippen LogP contribution is 2.23. The van der Waals surface area contributed by atoms with E-state index in [-0.39, 0.29) is 18.3 Å². The van der Waals surface area contributed by atoms with E-state index in [9.17, 15) is 4.79 Å². The van der Waals surface area contributed by atoms with Crippen molar-refractivity contribution >= 4 is 18.3 Å². The van der Waals surface area contributed by atoms with E-state index >= 15 is 0 Å². The summed E-state index contributed by atoms with van der Waals surface area (Å²) < 4.78 is 5.28. The molecule has 0 aromatic heterocycles. The largest absolute Gasteiger partial charge is 0.496 e. The van der Waals surface area contributed by atoms with Gasteiger partial charge in [-0.3, -0.25) is 4.79 Å². The molecule has 1 aromatic carbocycles. The zero-order valence-corrected chi connectivity index (χ0v) is 11.3. The first-order chi connectivity index (χ1) is 8.24. The van der Waals surface area contributed by atoms with Gasteiger partial charge in [0.2, 0.25) is 5.91 Å². The molecule has 0 saturated carbocycles. The predicted molar refractivity (Wildman–Crippen MR) is 72.8 cm³/mol. The molecule has 0 radical (unpaired) electrons. The molecule has 1 saturated heterocycles. The number of nitrogens with two attached hydrogens (primary N) is 1. The van der Waals surface area contributed by atoms with Crippen molar-refractivity contribution in [1.29, 1.82) is 0 Å². The molecule has 0 aliphatic carbocycles. The van der Waals surface area contributed by atoms with Crippen molar-refractivity contribution in [3.8, 4) is 5.75 Å². The van der Waals surface area contributed by atoms with Crippen LogP contribution in [0, 0.1) is 5.92 Å². The van der Waals surface area contributed by atoms with Crippen LogP contribution in [0.15, 0.2) is 24.3 Å². The maximum atomic E-state index is 11.8. The first kappa shape index (κ1) is 14.8. The number of carbonyl (C=O) groups excluding carboxylic acids is 1. The standard InChI is InChI=1S/C13H18N2O2.ClH/c1-17-12-5-3-2-4-11(12)9-15-8-10(7-14)6-13(15)16;/h2-5,10H,6-9,14H2,1H3;1H. The molecule has 0 spiro atoms. The Balaban J connectivity index is 0.00000162. The zero-order chi connectivity index (χ0) is 12.3. The fraction of sp³-hybridized carbons (Fsp3) is 0.462. The molecule has 1 aromatic rings. The maximum absolute atomic E-state index is 11.8. The third-order valence-corrected chi connectivity index (χ3v) is 3.18. The van der Waals surface area contributed by atoms with E-state index in [0.717, 1.165) is 17.9 Å². The Morgan fingerprint density at radius 2 is 2.17 bits per heavy atom. The molecule has 1 atom stereocenters. The van der Waals surface area contributed by atoms with Crippen LogP contribution < -0.4 is 10.5 Å². The lowest BCUT2D eigenvalue weighted by Gasteiger charge is -2.18. The number of nitrogens with zero attached hydrogens (tertiary/aromatic N) is 1. The van der Waals surface area contributed by atoms with E-state index in [4.69, 9.17) is 10.5 Å². The third-order valence-electron chi connectivity index (χ3n) is 3.18. The lowest BCUT2D eigenvalue weighted by Crippen LogP contribution is -2.25. The summed E-state index contributed by atoms with van der Waals surface area (Å²) >= 11 is 0. The fourth-order valence-electron chi connectivity index (χ4n) is 2.20. The average molecular weight is 271 g/mol. The Labute approximate surface area is 114 Å². The molecule has 18 heavy (non-hydrogen) atoms. The number of rotatable bonds is 4. The Hall–Kier alpha value is -1.26. The number of ether oxygens (including phenoxy) is 1. The minimum Gasteiger partial charge on any atom is -0.496 e. The third kappa shape index (κ3) is 3.15. The Bertz CT molecular complexity index is 412. The van der Waals surface area contributed by atoms with E-state index in [1.165, 1.54) is 0 Å². The molecule has 2 N–H and O–H groups in total. The monoisotopic (exact) mass is 270 g/mol. The summed E-state index contributed by atoms with van der Waals surface area (Å²) in [5.41, 5.74) is 6.65. The number of benzene rings is 1. The second-order valence-corrected chi connectivity index (χ2v) is 4.39. The number of hydrogen-bond acceptors (Lipinski definition) is 3. The molecule has 5 heteroatoms. The van der Waals surface area contributed by atoms with Crippen LogP contribution in [0.25, 0.3) is 0 Å². The number of halogens is 1. The molecule has 100 valence electrons. The van der Waals surface area contributed by atoms with Gasteiger partial charge in [-0.1, -0.05) is 18.2 Å². The summed E-state index contributed by atoms with van der Waals surface area (Å²) in [6.07, 6.45) is 0.575. The van der Waals surface area contributed by atoms with Crippen LogP contribution in [0.2, 0.25) is 0 Å². The molecule has 0 bridgehead atoms. The molecule has 1 heterocycles. The van der Waals surface area contributed by atoms with Gasteiger partial charge in [0.15, 0.2) is 0 Å². The van der Waals surface area contributed by atoms with Gasteiger partial charge in [-0.25, -0.2) is 0 Å². The Morgan fingerprint density at radius 1 is 1.44 bits per heavy atom. The van der Waals surface area contributed by atoms with Gasteiger partial charge in [0, 0.05) is 25.1 Å². The van der Waals surface area contributed by atoms with Gasteiger partial charge in [0.05, 0.1) is 7.11 Å². The Kier molecular flexibility index (Phi) is 5.44. The molecule has 1 aliphatic heterocycles. The normalized spacial score (nSPS) is 18.7. The minimum absolute atomic E-state index is 0. The van der Waals surface area contributed by atoms with Crippen molar-refractivity contribution in [3.63, 3.8) is 0 Å². The van der Waals surface area contributed by atoms with Crippen molar-refractivity contribution in [2.45, 2.75) is 13.0 Å². The number of methoxy groups -OCH3 is 1. The molecule has 4 nitrogen and oxygen atoms in total. The molecular formula is C13H19ClN2O2. The summed E-state index contributed by atoms with van der Waals surface area (Å²) in [6, 6.07) is 7.79. The fourth-order valence-corrected chi connectivity index (χ4v) is 2.20. The quantitative estimate of drug-likeness (QED) is 0.900. The van der Waals surface area contributed by atoms with Crippen molar-refractivity contribution in [1.82, 2.24) is 4.90 Å². The van der Waals surface area contributed by atoms with Gasteiger partial charge in [-0.15, -0.1) is 12.4 Å². The van der Waals surface area contributed by atoms with Gasteiger partial charge in [-0.2, -0.15) is 0 Å². The van der Waals surface area contributed by atoms with Crippen molar-refractivity contribution < 1.29 is 9.53 Å². The Morgan fingerprint density at radius 3 is 2.78 bits per heavy atom. The number of carbonyl (C=O) groups is 1. The minimum atomic E-state index is 0. The second kappa shape index (κ2) is 6.61. The number of amides is 1. The van der Waals surface area contributed by atoms with Crippen LogP contribution in [0.1, 0.15) is 12.0 Å². The van der Waals surface area contributed by atoms with Gasteiger partial charge in [-0.05, 0) is 18.5 Å². The first-order valence-electron chi connectivity index (χ1n) is 5.84. The van der Waals surface area contributed by atoms with Crippen LogP contribution in [0.4, 0.5) is 0 Å². The SMILES string of the molecule is COc1ccccc1CN1CC(CN)CC1=O.Cl. The van der Waals surface area contributed by atoms with E-state index in [2.05, 4.69) is 0 Å². The lowest BCUT2D eigenvalue weighted by atomic mass is 10.1. The highest BCUT2D eigenvalue weighted by Gasteiger charge is 2.28. The predicted octanol–water partition coefficient (Wildman–Crippen LogP) is 1.42. The van der Waals surface area contributed by atoms with Crippen molar-refractivity contribution in [3.05, 3.63) is 29.8 Å². The first-order valence-corrected chi connectivity index (χ1v) is 5.84. The van der Waals surface area contributed by atoms with Crippen molar-refractivity contribution in [2.75, 3.05) is 20.2 Å². The number of para-hydroxylation sites is 1. The van der Waals surface area contributed by atoms with E-state index < -0.39 is 0 Å². The van der Waals surface area contributed by atoms with Crippen LogP contribution in [0.5, 0.6) is 5.75 Å². The average Bonchev–Trinajstić information content (AvgIpc) is 2.71.